The molecule has 0 radical (unpaired) electrons. The fourth-order valence-corrected chi connectivity index (χ4v) is 5.73. The van der Waals surface area contributed by atoms with Gasteiger partial charge in [-0.1, -0.05) is 44.2 Å². The predicted octanol–water partition coefficient (Wildman–Crippen LogP) is 3.55. The molecule has 1 aromatic carbocycles. The molecular weight excluding hydrogens is 328 g/mol. The van der Waals surface area contributed by atoms with Crippen molar-refractivity contribution in [1.82, 2.24) is 0 Å². The molecule has 0 aromatic heterocycles. The van der Waals surface area contributed by atoms with Crippen LogP contribution in [0.15, 0.2) is 42.2 Å². The van der Waals surface area contributed by atoms with E-state index in [1.807, 2.05) is 36.4 Å². The molecule has 0 heterocycles. The molecule has 0 amide bonds. The summed E-state index contributed by atoms with van der Waals surface area (Å²) < 4.78 is 11.4. The lowest BCUT2D eigenvalue weighted by atomic mass is 9.69. The van der Waals surface area contributed by atoms with Crippen molar-refractivity contribution in [3.8, 4) is 0 Å². The van der Waals surface area contributed by atoms with Gasteiger partial charge in [0.2, 0.25) is 5.78 Å². The van der Waals surface area contributed by atoms with E-state index in [0.29, 0.717) is 19.0 Å². The molecule has 4 atom stereocenters. The number of carbonyl (C=O) groups is 2. The van der Waals surface area contributed by atoms with Crippen LogP contribution in [0.1, 0.15) is 32.3 Å². The summed E-state index contributed by atoms with van der Waals surface area (Å²) in [5, 5.41) is 0. The van der Waals surface area contributed by atoms with Crippen LogP contribution in [0.3, 0.4) is 0 Å². The van der Waals surface area contributed by atoms with Crippen LogP contribution in [0.4, 0.5) is 0 Å². The largest absolute Gasteiger partial charge is 0.493 e. The lowest BCUT2D eigenvalue weighted by Gasteiger charge is -2.34. The zero-order valence-electron chi connectivity index (χ0n) is 15.7. The highest BCUT2D eigenvalue weighted by molar-refractivity contribution is 6.17. The molecule has 2 bridgehead atoms. The number of methoxy groups -OCH3 is 1. The highest BCUT2D eigenvalue weighted by Crippen LogP contribution is 2.67. The summed E-state index contributed by atoms with van der Waals surface area (Å²) in [4.78, 5) is 26.1. The number of rotatable bonds is 5. The van der Waals surface area contributed by atoms with Gasteiger partial charge in [-0.2, -0.15) is 0 Å². The maximum atomic E-state index is 13.3. The van der Waals surface area contributed by atoms with Crippen LogP contribution < -0.4 is 0 Å². The Morgan fingerprint density at radius 1 is 1.12 bits per heavy atom. The Labute approximate surface area is 154 Å². The number of ketones is 2. The molecule has 1 spiro atoms. The summed E-state index contributed by atoms with van der Waals surface area (Å²) in [7, 11) is 1.52. The van der Waals surface area contributed by atoms with Crippen molar-refractivity contribution >= 4 is 11.6 Å². The Kier molecular flexibility index (Phi) is 4.07. The van der Waals surface area contributed by atoms with Crippen molar-refractivity contribution in [2.45, 2.75) is 33.3 Å². The van der Waals surface area contributed by atoms with Crippen LogP contribution in [0, 0.1) is 28.6 Å². The molecule has 0 aliphatic heterocycles. The van der Waals surface area contributed by atoms with Crippen LogP contribution >= 0.6 is 0 Å². The summed E-state index contributed by atoms with van der Waals surface area (Å²) >= 11 is 0. The van der Waals surface area contributed by atoms with E-state index >= 15 is 0 Å². The molecular formula is C22H26O4. The van der Waals surface area contributed by atoms with Crippen LogP contribution in [-0.2, 0) is 25.7 Å². The first-order valence-electron chi connectivity index (χ1n) is 9.40. The van der Waals surface area contributed by atoms with Gasteiger partial charge in [0.1, 0.15) is 0 Å². The summed E-state index contributed by atoms with van der Waals surface area (Å²) in [5.74, 6) is 0.000704. The van der Waals surface area contributed by atoms with E-state index in [1.165, 1.54) is 7.11 Å². The fourth-order valence-electron chi connectivity index (χ4n) is 5.73. The van der Waals surface area contributed by atoms with Gasteiger partial charge in [0.15, 0.2) is 11.5 Å². The highest BCUT2D eigenvalue weighted by atomic mass is 16.5. The molecule has 0 saturated heterocycles. The average molecular weight is 354 g/mol. The van der Waals surface area contributed by atoms with Gasteiger partial charge in [-0.05, 0) is 41.7 Å². The first-order chi connectivity index (χ1) is 12.4. The van der Waals surface area contributed by atoms with E-state index in [-0.39, 0.29) is 28.8 Å². The lowest BCUT2D eigenvalue weighted by Crippen LogP contribution is -2.43. The third kappa shape index (κ3) is 2.24. The zero-order chi connectivity index (χ0) is 18.5. The number of fused-ring (bicyclic) bond motifs is 1. The van der Waals surface area contributed by atoms with Gasteiger partial charge in [-0.15, -0.1) is 0 Å². The first-order valence-corrected chi connectivity index (χ1v) is 9.40. The number of benzene rings is 1. The lowest BCUT2D eigenvalue weighted by molar-refractivity contribution is -0.139. The Morgan fingerprint density at radius 2 is 1.85 bits per heavy atom. The molecule has 0 N–H and O–H groups in total. The van der Waals surface area contributed by atoms with Crippen molar-refractivity contribution < 1.29 is 19.1 Å². The van der Waals surface area contributed by atoms with E-state index in [4.69, 9.17) is 9.47 Å². The first kappa shape index (κ1) is 17.5. The monoisotopic (exact) mass is 354 g/mol. The molecule has 0 unspecified atom stereocenters. The molecule has 4 heteroatoms. The van der Waals surface area contributed by atoms with Gasteiger partial charge >= 0.3 is 0 Å². The third-order valence-electron chi connectivity index (χ3n) is 6.91. The smallest absolute Gasteiger partial charge is 0.208 e. The Bertz CT molecular complexity index is 764. The van der Waals surface area contributed by atoms with Crippen molar-refractivity contribution in [2.75, 3.05) is 13.7 Å². The normalized spacial score (nSPS) is 34.6. The number of allylic oxidation sites excluding steroid dienone is 2. The Morgan fingerprint density at radius 3 is 2.54 bits per heavy atom. The van der Waals surface area contributed by atoms with Crippen molar-refractivity contribution in [2.24, 2.45) is 28.6 Å². The van der Waals surface area contributed by atoms with E-state index in [0.717, 1.165) is 18.4 Å². The summed E-state index contributed by atoms with van der Waals surface area (Å²) in [6.07, 6.45) is 3.75. The summed E-state index contributed by atoms with van der Waals surface area (Å²) in [6, 6.07) is 10.1. The number of ether oxygens (including phenoxy) is 2. The molecule has 4 rings (SSSR count). The van der Waals surface area contributed by atoms with Crippen molar-refractivity contribution in [3.05, 3.63) is 47.7 Å². The Balaban J connectivity index is 1.61. The number of Topliss-reactive ketones (excluding diaryl/α,β-unsaturated/α-hetero) is 2. The van der Waals surface area contributed by atoms with Crippen molar-refractivity contribution in [3.63, 3.8) is 0 Å². The van der Waals surface area contributed by atoms with Gasteiger partial charge < -0.3 is 9.47 Å². The minimum atomic E-state index is -0.607. The van der Waals surface area contributed by atoms with E-state index in [9.17, 15) is 9.59 Å². The minimum Gasteiger partial charge on any atom is -0.493 e. The van der Waals surface area contributed by atoms with Crippen molar-refractivity contribution in [1.29, 1.82) is 0 Å². The standard InChI is InChI=1S/C22H26O4/c1-21(2)17-10-9-15(13-26-12-14-7-5-4-6-8-14)22(17)11-16(25-3)19(23)18(21)20(22)24/h4-8,11,15,17-18H,9-10,12-13H2,1-3H3/t15-,17-,18+,22-/m1/s1. The van der Waals surface area contributed by atoms with E-state index in [2.05, 4.69) is 13.8 Å². The second-order valence-electron chi connectivity index (χ2n) is 8.46. The molecule has 2 saturated carbocycles. The van der Waals surface area contributed by atoms with E-state index in [1.54, 1.807) is 0 Å². The second-order valence-corrected chi connectivity index (χ2v) is 8.46. The Hall–Kier alpha value is -1.94. The minimum absolute atomic E-state index is 0.0871. The molecule has 4 nitrogen and oxygen atoms in total. The van der Waals surface area contributed by atoms with Gasteiger partial charge in [0.05, 0.1) is 31.7 Å². The molecule has 138 valence electrons. The topological polar surface area (TPSA) is 52.6 Å². The van der Waals surface area contributed by atoms with Gasteiger partial charge in [0, 0.05) is 0 Å². The number of carbonyl (C=O) groups excluding carboxylic acids is 2. The number of hydrogen-bond acceptors (Lipinski definition) is 4. The van der Waals surface area contributed by atoms with Crippen LogP contribution in [-0.4, -0.2) is 25.3 Å². The molecule has 26 heavy (non-hydrogen) atoms. The maximum Gasteiger partial charge on any atom is 0.208 e. The molecule has 1 aromatic rings. The molecule has 3 aliphatic rings. The third-order valence-corrected chi connectivity index (χ3v) is 6.91. The van der Waals surface area contributed by atoms with Gasteiger partial charge in [-0.3, -0.25) is 9.59 Å². The quantitative estimate of drug-likeness (QED) is 0.759. The summed E-state index contributed by atoms with van der Waals surface area (Å²) in [5.41, 5.74) is 0.186. The fraction of sp³-hybridized carbons (Fsp3) is 0.545. The average Bonchev–Trinajstić information content (AvgIpc) is 3.03. The molecule has 2 fully saturated rings. The van der Waals surface area contributed by atoms with Gasteiger partial charge in [0.25, 0.3) is 0 Å². The van der Waals surface area contributed by atoms with Crippen LogP contribution in [0.25, 0.3) is 0 Å². The maximum absolute atomic E-state index is 13.3. The summed E-state index contributed by atoms with van der Waals surface area (Å²) in [6.45, 7) is 5.21. The zero-order valence-corrected chi connectivity index (χ0v) is 15.7. The van der Waals surface area contributed by atoms with Crippen LogP contribution in [0.5, 0.6) is 0 Å². The highest BCUT2D eigenvalue weighted by Gasteiger charge is 2.72. The van der Waals surface area contributed by atoms with E-state index < -0.39 is 11.3 Å². The molecule has 3 aliphatic carbocycles. The van der Waals surface area contributed by atoms with Gasteiger partial charge in [-0.25, -0.2) is 0 Å². The SMILES string of the molecule is COC1=C[C@]23C(=O)[C@H](C1=O)C(C)(C)[C@H]2CC[C@@H]3COCc1ccccc1. The predicted molar refractivity (Wildman–Crippen MR) is 97.1 cm³/mol. The second kappa shape index (κ2) is 6.05. The van der Waals surface area contributed by atoms with Crippen LogP contribution in [0.2, 0.25) is 0 Å². The number of hydrogen-bond donors (Lipinski definition) is 0.